The minimum atomic E-state index is -3.34. The largest absolute Gasteiger partial charge is 0.499 e. The third kappa shape index (κ3) is 6.30. The SMILES string of the molecule is CC(=O)O[Si](C#Cc1ccccc1)(C#Cc1ccccc1)C#Cc1ccccc1. The highest BCUT2D eigenvalue weighted by Gasteiger charge is 2.34. The summed E-state index contributed by atoms with van der Waals surface area (Å²) in [4.78, 5) is 11.9. The van der Waals surface area contributed by atoms with Gasteiger partial charge in [0.1, 0.15) is 0 Å². The van der Waals surface area contributed by atoms with Gasteiger partial charge in [0.25, 0.3) is 5.97 Å². The van der Waals surface area contributed by atoms with E-state index in [2.05, 4.69) is 34.4 Å². The summed E-state index contributed by atoms with van der Waals surface area (Å²) in [7, 11) is -3.34. The summed E-state index contributed by atoms with van der Waals surface area (Å²) in [6, 6.07) is 28.6. The van der Waals surface area contributed by atoms with Gasteiger partial charge in [0.05, 0.1) is 0 Å². The fraction of sp³-hybridized carbons (Fsp3) is 0.0385. The molecule has 0 aliphatic rings. The van der Waals surface area contributed by atoms with Gasteiger partial charge in [-0.3, -0.25) is 4.79 Å². The Hall–Kier alpha value is -3.97. The van der Waals surface area contributed by atoms with Gasteiger partial charge < -0.3 is 4.43 Å². The lowest BCUT2D eigenvalue weighted by Crippen LogP contribution is -2.37. The minimum absolute atomic E-state index is 0.441. The standard InChI is InChI=1S/C26H18O2Si/c1-23(27)28-29(20-17-24-11-5-2-6-12-24,21-18-25-13-7-3-8-14-25)22-19-26-15-9-4-10-16-26/h2-16H,1H3. The number of hydrogen-bond acceptors (Lipinski definition) is 2. The molecule has 0 saturated heterocycles. The second kappa shape index (κ2) is 9.82. The molecule has 0 N–H and O–H groups in total. The number of hydrogen-bond donors (Lipinski definition) is 0. The summed E-state index contributed by atoms with van der Waals surface area (Å²) < 4.78 is 5.68. The normalized spacial score (nSPS) is 9.55. The Balaban J connectivity index is 2.11. The molecule has 0 saturated carbocycles. The van der Waals surface area contributed by atoms with Crippen molar-refractivity contribution in [2.24, 2.45) is 0 Å². The van der Waals surface area contributed by atoms with E-state index < -0.39 is 14.3 Å². The first-order valence-corrected chi connectivity index (χ1v) is 11.0. The van der Waals surface area contributed by atoms with Crippen LogP contribution in [-0.4, -0.2) is 14.3 Å². The first kappa shape index (κ1) is 19.8. The van der Waals surface area contributed by atoms with E-state index in [9.17, 15) is 4.79 Å². The van der Waals surface area contributed by atoms with E-state index in [0.29, 0.717) is 0 Å². The van der Waals surface area contributed by atoms with E-state index in [-0.39, 0.29) is 0 Å². The van der Waals surface area contributed by atoms with Crippen molar-refractivity contribution in [2.45, 2.75) is 6.92 Å². The van der Waals surface area contributed by atoms with Crippen LogP contribution in [0.25, 0.3) is 0 Å². The zero-order chi connectivity index (χ0) is 20.4. The van der Waals surface area contributed by atoms with Crippen LogP contribution in [0, 0.1) is 34.4 Å². The van der Waals surface area contributed by atoms with Crippen molar-refractivity contribution in [1.82, 2.24) is 0 Å². The summed E-state index contributed by atoms with van der Waals surface area (Å²) in [5.41, 5.74) is 11.8. The predicted molar refractivity (Wildman–Crippen MR) is 117 cm³/mol. The third-order valence-electron chi connectivity index (χ3n) is 3.77. The quantitative estimate of drug-likeness (QED) is 0.458. The summed E-state index contributed by atoms with van der Waals surface area (Å²) in [6.07, 6.45) is 0. The van der Waals surface area contributed by atoms with E-state index in [1.165, 1.54) is 6.92 Å². The van der Waals surface area contributed by atoms with Gasteiger partial charge in [0.15, 0.2) is 0 Å². The van der Waals surface area contributed by atoms with Crippen LogP contribution in [0.3, 0.4) is 0 Å². The molecule has 0 amide bonds. The Kier molecular flexibility index (Phi) is 6.69. The lowest BCUT2D eigenvalue weighted by Gasteiger charge is -2.12. The van der Waals surface area contributed by atoms with Crippen molar-refractivity contribution in [3.05, 3.63) is 108 Å². The van der Waals surface area contributed by atoms with Crippen LogP contribution in [0.5, 0.6) is 0 Å². The second-order valence-electron chi connectivity index (χ2n) is 6.12. The summed E-state index contributed by atoms with van der Waals surface area (Å²) in [5, 5.41) is 0. The van der Waals surface area contributed by atoms with Crippen LogP contribution < -0.4 is 0 Å². The molecule has 0 fully saturated rings. The molecule has 0 atom stereocenters. The fourth-order valence-corrected chi connectivity index (χ4v) is 4.16. The topological polar surface area (TPSA) is 26.3 Å². The molecular weight excluding hydrogens is 372 g/mol. The van der Waals surface area contributed by atoms with E-state index in [4.69, 9.17) is 4.43 Å². The zero-order valence-corrected chi connectivity index (χ0v) is 17.0. The number of carbonyl (C=O) groups is 1. The van der Waals surface area contributed by atoms with Crippen molar-refractivity contribution in [3.63, 3.8) is 0 Å². The molecule has 0 spiro atoms. The Morgan fingerprint density at radius 2 is 0.931 bits per heavy atom. The molecule has 0 aromatic heterocycles. The maximum atomic E-state index is 11.9. The van der Waals surface area contributed by atoms with Gasteiger partial charge >= 0.3 is 8.32 Å². The first-order chi connectivity index (χ1) is 14.2. The molecule has 0 aliphatic heterocycles. The smallest absolute Gasteiger partial charge is 0.487 e. The maximum absolute atomic E-state index is 11.9. The van der Waals surface area contributed by atoms with Crippen molar-refractivity contribution >= 4 is 14.3 Å². The van der Waals surface area contributed by atoms with E-state index >= 15 is 0 Å². The van der Waals surface area contributed by atoms with Crippen molar-refractivity contribution < 1.29 is 9.22 Å². The molecule has 3 heteroatoms. The molecule has 2 nitrogen and oxygen atoms in total. The van der Waals surface area contributed by atoms with Crippen molar-refractivity contribution in [3.8, 4) is 34.4 Å². The lowest BCUT2D eigenvalue weighted by atomic mass is 10.2. The molecular formula is C26H18O2Si. The van der Waals surface area contributed by atoms with E-state index in [1.807, 2.05) is 91.0 Å². The number of rotatable bonds is 1. The molecule has 3 aromatic carbocycles. The van der Waals surface area contributed by atoms with Crippen LogP contribution in [0.2, 0.25) is 0 Å². The molecule has 0 unspecified atom stereocenters. The van der Waals surface area contributed by atoms with Crippen LogP contribution in [0.1, 0.15) is 23.6 Å². The lowest BCUT2D eigenvalue weighted by molar-refractivity contribution is -0.132. The molecule has 3 aromatic rings. The molecule has 0 heterocycles. The van der Waals surface area contributed by atoms with Gasteiger partial charge in [0.2, 0.25) is 0 Å². The highest BCUT2D eigenvalue weighted by atomic mass is 28.4. The summed E-state index contributed by atoms with van der Waals surface area (Å²) in [6.45, 7) is 1.36. The van der Waals surface area contributed by atoms with Crippen LogP contribution in [-0.2, 0) is 9.22 Å². The highest BCUT2D eigenvalue weighted by molar-refractivity contribution is 6.96. The van der Waals surface area contributed by atoms with Crippen LogP contribution in [0.15, 0.2) is 91.0 Å². The predicted octanol–water partition coefficient (Wildman–Crippen LogP) is 4.27. The molecule has 138 valence electrons. The summed E-state index contributed by atoms with van der Waals surface area (Å²) in [5.74, 6) is 8.84. The molecule has 29 heavy (non-hydrogen) atoms. The van der Waals surface area contributed by atoms with Gasteiger partial charge in [-0.1, -0.05) is 89.0 Å². The van der Waals surface area contributed by atoms with Gasteiger partial charge in [-0.2, -0.15) is 0 Å². The molecule has 3 rings (SSSR count). The van der Waals surface area contributed by atoms with Gasteiger partial charge in [-0.25, -0.2) is 0 Å². The number of carbonyl (C=O) groups excluding carboxylic acids is 1. The zero-order valence-electron chi connectivity index (χ0n) is 16.0. The fourth-order valence-electron chi connectivity index (χ4n) is 2.43. The Morgan fingerprint density at radius 1 is 0.621 bits per heavy atom. The Morgan fingerprint density at radius 3 is 1.21 bits per heavy atom. The van der Waals surface area contributed by atoms with Crippen LogP contribution >= 0.6 is 0 Å². The molecule has 0 radical (unpaired) electrons. The third-order valence-corrected chi connectivity index (χ3v) is 5.79. The van der Waals surface area contributed by atoms with Gasteiger partial charge in [-0.15, -0.1) is 0 Å². The Labute approximate surface area is 172 Å². The average molecular weight is 391 g/mol. The van der Waals surface area contributed by atoms with Gasteiger partial charge in [-0.05, 0) is 36.4 Å². The average Bonchev–Trinajstić information content (AvgIpc) is 2.76. The van der Waals surface area contributed by atoms with Crippen molar-refractivity contribution in [2.75, 3.05) is 0 Å². The van der Waals surface area contributed by atoms with E-state index in [1.54, 1.807) is 0 Å². The molecule has 0 aliphatic carbocycles. The van der Waals surface area contributed by atoms with Crippen molar-refractivity contribution in [1.29, 1.82) is 0 Å². The van der Waals surface area contributed by atoms with E-state index in [0.717, 1.165) is 16.7 Å². The van der Waals surface area contributed by atoms with Gasteiger partial charge in [0, 0.05) is 23.6 Å². The first-order valence-electron chi connectivity index (χ1n) is 9.09. The number of benzene rings is 3. The second-order valence-corrected chi connectivity index (χ2v) is 8.44. The summed E-state index contributed by atoms with van der Waals surface area (Å²) >= 11 is 0. The highest BCUT2D eigenvalue weighted by Crippen LogP contribution is 2.07. The monoisotopic (exact) mass is 390 g/mol. The van der Waals surface area contributed by atoms with Crippen LogP contribution in [0.4, 0.5) is 0 Å². The Bertz CT molecular complexity index is 1010. The molecule has 0 bridgehead atoms. The maximum Gasteiger partial charge on any atom is 0.499 e. The minimum Gasteiger partial charge on any atom is -0.487 e.